The minimum absolute atomic E-state index is 0.0759. The van der Waals surface area contributed by atoms with Gasteiger partial charge in [0.05, 0.1) is 18.5 Å². The Morgan fingerprint density at radius 2 is 2.00 bits per heavy atom. The van der Waals surface area contributed by atoms with E-state index >= 15 is 0 Å². The van der Waals surface area contributed by atoms with Crippen LogP contribution in [-0.4, -0.2) is 53.7 Å². The molecule has 152 valence electrons. The molecule has 0 N–H and O–H groups in total. The number of nitro groups is 1. The zero-order valence-corrected chi connectivity index (χ0v) is 16.3. The summed E-state index contributed by atoms with van der Waals surface area (Å²) in [5, 5.41) is 15.0. The number of thiophene rings is 1. The number of hydrogen-bond donors (Lipinski definition) is 0. The minimum atomic E-state index is -0.590. The Balaban J connectivity index is 1.52. The van der Waals surface area contributed by atoms with Gasteiger partial charge < -0.3 is 14.2 Å². The molecule has 4 rings (SSSR count). The highest BCUT2D eigenvalue weighted by atomic mass is 32.1. The van der Waals surface area contributed by atoms with Gasteiger partial charge in [0.15, 0.2) is 11.5 Å². The summed E-state index contributed by atoms with van der Waals surface area (Å²) in [7, 11) is 1.28. The lowest BCUT2D eigenvalue weighted by atomic mass is 10.1. The Kier molecular flexibility index (Phi) is 4.97. The van der Waals surface area contributed by atoms with Crippen LogP contribution in [0, 0.1) is 10.1 Å². The molecule has 1 aromatic carbocycles. The van der Waals surface area contributed by atoms with Gasteiger partial charge in [-0.05, 0) is 24.1 Å². The fourth-order valence-electron chi connectivity index (χ4n) is 3.35. The molecule has 1 aromatic heterocycles. The van der Waals surface area contributed by atoms with Crippen molar-refractivity contribution in [1.82, 2.24) is 10.0 Å². The third kappa shape index (κ3) is 3.44. The Hall–Kier alpha value is -3.34. The van der Waals surface area contributed by atoms with Gasteiger partial charge >= 0.3 is 5.00 Å². The molecule has 29 heavy (non-hydrogen) atoms. The lowest BCUT2D eigenvalue weighted by Gasteiger charge is -2.28. The summed E-state index contributed by atoms with van der Waals surface area (Å²) in [5.41, 5.74) is 0.814. The number of carbonyl (C=O) groups excluding carboxylic acids is 2. The Bertz CT molecular complexity index is 990. The van der Waals surface area contributed by atoms with Crippen LogP contribution in [0.25, 0.3) is 0 Å². The predicted molar refractivity (Wildman–Crippen MR) is 101 cm³/mol. The van der Waals surface area contributed by atoms with Gasteiger partial charge in [-0.3, -0.25) is 24.7 Å². The molecule has 0 atom stereocenters. The molecule has 0 unspecified atom stereocenters. The van der Waals surface area contributed by atoms with E-state index in [4.69, 9.17) is 14.2 Å². The zero-order valence-electron chi connectivity index (χ0n) is 15.5. The smallest absolute Gasteiger partial charge is 0.366 e. The van der Waals surface area contributed by atoms with Crippen molar-refractivity contribution in [1.29, 1.82) is 0 Å². The quantitative estimate of drug-likeness (QED) is 0.540. The van der Waals surface area contributed by atoms with E-state index < -0.39 is 10.8 Å². The molecule has 1 saturated heterocycles. The summed E-state index contributed by atoms with van der Waals surface area (Å²) in [6.07, 6.45) is 0.703. The topological polar surface area (TPSA) is 111 Å². The second-order valence-electron chi connectivity index (χ2n) is 6.41. The standard InChI is InChI=1S/C18H17N3O7S/c1-26-16-12(9-29-18(16)21(24)25)17(23)20-6-2-5-19(20)15(22)8-11-3-4-13-14(7-11)28-10-27-13/h3-4,7,9H,2,5-6,8,10H2,1H3. The molecule has 10 nitrogen and oxygen atoms in total. The fraction of sp³-hybridized carbons (Fsp3) is 0.333. The van der Waals surface area contributed by atoms with Gasteiger partial charge in [0.1, 0.15) is 5.56 Å². The highest BCUT2D eigenvalue weighted by Crippen LogP contribution is 2.38. The van der Waals surface area contributed by atoms with E-state index in [2.05, 4.69) is 0 Å². The average Bonchev–Trinajstić information content (AvgIpc) is 3.44. The molecule has 2 aromatic rings. The van der Waals surface area contributed by atoms with Crippen molar-refractivity contribution < 1.29 is 28.7 Å². The summed E-state index contributed by atoms with van der Waals surface area (Å²) in [5.74, 6) is 0.381. The first-order chi connectivity index (χ1) is 14.0. The number of methoxy groups -OCH3 is 1. The van der Waals surface area contributed by atoms with Crippen molar-refractivity contribution >= 4 is 28.2 Å². The number of hydrazine groups is 1. The third-order valence-electron chi connectivity index (χ3n) is 4.67. The van der Waals surface area contributed by atoms with Crippen LogP contribution in [0.4, 0.5) is 5.00 Å². The monoisotopic (exact) mass is 419 g/mol. The summed E-state index contributed by atoms with van der Waals surface area (Å²) in [6, 6.07) is 5.26. The van der Waals surface area contributed by atoms with Crippen LogP contribution in [-0.2, 0) is 11.2 Å². The molecule has 3 heterocycles. The van der Waals surface area contributed by atoms with E-state index in [9.17, 15) is 19.7 Å². The van der Waals surface area contributed by atoms with Crippen LogP contribution in [0.1, 0.15) is 22.3 Å². The molecule has 0 spiro atoms. The number of fused-ring (bicyclic) bond motifs is 1. The maximum Gasteiger partial charge on any atom is 0.366 e. The number of benzene rings is 1. The lowest BCUT2D eigenvalue weighted by Crippen LogP contribution is -2.45. The summed E-state index contributed by atoms with van der Waals surface area (Å²) in [4.78, 5) is 36.4. The number of rotatable bonds is 5. The molecule has 0 bridgehead atoms. The van der Waals surface area contributed by atoms with E-state index in [0.717, 1.165) is 16.9 Å². The van der Waals surface area contributed by atoms with Crippen molar-refractivity contribution in [3.8, 4) is 17.2 Å². The summed E-state index contributed by atoms with van der Waals surface area (Å²) < 4.78 is 15.7. The second-order valence-corrected chi connectivity index (χ2v) is 7.27. The Morgan fingerprint density at radius 3 is 2.76 bits per heavy atom. The van der Waals surface area contributed by atoms with Crippen LogP contribution in [0.2, 0.25) is 0 Å². The van der Waals surface area contributed by atoms with Crippen molar-refractivity contribution in [2.75, 3.05) is 27.0 Å². The van der Waals surface area contributed by atoms with Crippen molar-refractivity contribution in [2.45, 2.75) is 12.8 Å². The van der Waals surface area contributed by atoms with E-state index in [1.165, 1.54) is 22.5 Å². The van der Waals surface area contributed by atoms with Crippen LogP contribution in [0.5, 0.6) is 17.2 Å². The predicted octanol–water partition coefficient (Wildman–Crippen LogP) is 2.23. The van der Waals surface area contributed by atoms with E-state index in [-0.39, 0.29) is 35.4 Å². The maximum atomic E-state index is 13.0. The number of ether oxygens (including phenoxy) is 3. The van der Waals surface area contributed by atoms with E-state index in [0.29, 0.717) is 31.0 Å². The third-order valence-corrected chi connectivity index (χ3v) is 5.58. The molecule has 0 aliphatic carbocycles. The summed E-state index contributed by atoms with van der Waals surface area (Å²) >= 11 is 0.819. The first-order valence-corrected chi connectivity index (χ1v) is 9.68. The van der Waals surface area contributed by atoms with Crippen LogP contribution >= 0.6 is 11.3 Å². The van der Waals surface area contributed by atoms with Crippen molar-refractivity contribution in [3.05, 3.63) is 44.8 Å². The molecule has 2 aliphatic heterocycles. The lowest BCUT2D eigenvalue weighted by molar-refractivity contribution is -0.381. The SMILES string of the molecule is COc1c(C(=O)N2CCCN2C(=O)Cc2ccc3c(c2)OCO3)csc1[N+](=O)[O-]. The summed E-state index contributed by atoms with van der Waals surface area (Å²) in [6.45, 7) is 0.887. The Morgan fingerprint density at radius 1 is 1.24 bits per heavy atom. The number of amides is 2. The molecule has 0 radical (unpaired) electrons. The average molecular weight is 419 g/mol. The number of carbonyl (C=O) groups is 2. The van der Waals surface area contributed by atoms with E-state index in [1.807, 2.05) is 0 Å². The number of hydrogen-bond acceptors (Lipinski definition) is 8. The number of nitrogens with zero attached hydrogens (tertiary/aromatic N) is 3. The zero-order chi connectivity index (χ0) is 20.5. The Labute approximate surface area is 169 Å². The van der Waals surface area contributed by atoms with Crippen LogP contribution < -0.4 is 14.2 Å². The van der Waals surface area contributed by atoms with Gasteiger partial charge in [-0.25, -0.2) is 5.01 Å². The molecule has 2 amide bonds. The van der Waals surface area contributed by atoms with Crippen molar-refractivity contribution in [3.63, 3.8) is 0 Å². The first-order valence-electron chi connectivity index (χ1n) is 8.80. The molecule has 0 saturated carbocycles. The van der Waals surface area contributed by atoms with Crippen LogP contribution in [0.3, 0.4) is 0 Å². The highest BCUT2D eigenvalue weighted by Gasteiger charge is 2.35. The van der Waals surface area contributed by atoms with Crippen LogP contribution in [0.15, 0.2) is 23.6 Å². The molecular formula is C18H17N3O7S. The van der Waals surface area contributed by atoms with Gasteiger partial charge in [-0.2, -0.15) is 0 Å². The molecule has 1 fully saturated rings. The first kappa shape index (κ1) is 19.0. The minimum Gasteiger partial charge on any atom is -0.489 e. The maximum absolute atomic E-state index is 13.0. The van der Waals surface area contributed by atoms with Gasteiger partial charge in [-0.1, -0.05) is 17.4 Å². The fourth-order valence-corrected chi connectivity index (χ4v) is 4.17. The van der Waals surface area contributed by atoms with Gasteiger partial charge in [0, 0.05) is 18.5 Å². The van der Waals surface area contributed by atoms with Gasteiger partial charge in [0.2, 0.25) is 18.4 Å². The largest absolute Gasteiger partial charge is 0.489 e. The second kappa shape index (κ2) is 7.59. The van der Waals surface area contributed by atoms with E-state index in [1.54, 1.807) is 18.2 Å². The van der Waals surface area contributed by atoms with Gasteiger partial charge in [0.25, 0.3) is 5.91 Å². The normalized spacial score (nSPS) is 14.9. The molecule has 2 aliphatic rings. The molecular weight excluding hydrogens is 402 g/mol. The van der Waals surface area contributed by atoms with Gasteiger partial charge in [-0.15, -0.1) is 0 Å². The highest BCUT2D eigenvalue weighted by molar-refractivity contribution is 7.14. The molecule has 11 heteroatoms. The van der Waals surface area contributed by atoms with Crippen molar-refractivity contribution in [2.24, 2.45) is 0 Å².